The van der Waals surface area contributed by atoms with E-state index in [4.69, 9.17) is 5.73 Å². The van der Waals surface area contributed by atoms with Crippen molar-refractivity contribution in [3.05, 3.63) is 18.0 Å². The fraction of sp³-hybridized carbons (Fsp3) is 0.769. The fourth-order valence-corrected chi connectivity index (χ4v) is 2.84. The molecule has 16 heavy (non-hydrogen) atoms. The van der Waals surface area contributed by atoms with E-state index in [-0.39, 0.29) is 0 Å². The van der Waals surface area contributed by atoms with Crippen molar-refractivity contribution in [1.82, 2.24) is 9.78 Å². The van der Waals surface area contributed by atoms with E-state index in [0.717, 1.165) is 24.7 Å². The van der Waals surface area contributed by atoms with Crippen LogP contribution in [0.5, 0.6) is 0 Å². The minimum absolute atomic E-state index is 0.375. The van der Waals surface area contributed by atoms with Crippen molar-refractivity contribution >= 4 is 0 Å². The Balaban J connectivity index is 1.80. The summed E-state index contributed by atoms with van der Waals surface area (Å²) in [5.74, 6) is 1.64. The first-order valence-electron chi connectivity index (χ1n) is 6.39. The average Bonchev–Trinajstić information content (AvgIpc) is 2.84. The Morgan fingerprint density at radius 1 is 1.56 bits per heavy atom. The molecule has 0 radical (unpaired) electrons. The maximum absolute atomic E-state index is 6.28. The largest absolute Gasteiger partial charge is 0.327 e. The van der Waals surface area contributed by atoms with E-state index < -0.39 is 0 Å². The molecule has 1 fully saturated rings. The minimum Gasteiger partial charge on any atom is -0.327 e. The maximum atomic E-state index is 6.28. The van der Waals surface area contributed by atoms with Gasteiger partial charge < -0.3 is 5.73 Å². The molecule has 0 aliphatic heterocycles. The van der Waals surface area contributed by atoms with Gasteiger partial charge in [-0.2, -0.15) is 5.10 Å². The van der Waals surface area contributed by atoms with Crippen molar-refractivity contribution < 1.29 is 0 Å². The van der Waals surface area contributed by atoms with Gasteiger partial charge in [-0.25, -0.2) is 0 Å². The van der Waals surface area contributed by atoms with Gasteiger partial charge >= 0.3 is 0 Å². The zero-order valence-corrected chi connectivity index (χ0v) is 10.4. The molecule has 3 heteroatoms. The van der Waals surface area contributed by atoms with Gasteiger partial charge in [-0.1, -0.05) is 13.3 Å². The third kappa shape index (κ3) is 2.64. The van der Waals surface area contributed by atoms with Crippen LogP contribution >= 0.6 is 0 Å². The van der Waals surface area contributed by atoms with Crippen LogP contribution in [0.15, 0.2) is 12.3 Å². The van der Waals surface area contributed by atoms with Crippen LogP contribution in [0.1, 0.15) is 38.3 Å². The summed E-state index contributed by atoms with van der Waals surface area (Å²) in [4.78, 5) is 0. The summed E-state index contributed by atoms with van der Waals surface area (Å²) in [5, 5.41) is 4.18. The van der Waals surface area contributed by atoms with Crippen molar-refractivity contribution in [2.24, 2.45) is 24.6 Å². The van der Waals surface area contributed by atoms with Crippen molar-refractivity contribution in [3.63, 3.8) is 0 Å². The van der Waals surface area contributed by atoms with Crippen molar-refractivity contribution in [2.75, 3.05) is 0 Å². The summed E-state index contributed by atoms with van der Waals surface area (Å²) >= 11 is 0. The Morgan fingerprint density at radius 2 is 2.38 bits per heavy atom. The van der Waals surface area contributed by atoms with Crippen LogP contribution < -0.4 is 5.73 Å². The lowest BCUT2D eigenvalue weighted by Gasteiger charge is -2.18. The SMILES string of the molecule is CC1CCC(C(N)CCc2ccnn2C)C1. The smallest absolute Gasteiger partial charge is 0.0492 e. The molecule has 3 nitrogen and oxygen atoms in total. The quantitative estimate of drug-likeness (QED) is 0.846. The van der Waals surface area contributed by atoms with Crippen LogP contribution in [-0.4, -0.2) is 15.8 Å². The molecule has 90 valence electrons. The van der Waals surface area contributed by atoms with Gasteiger partial charge in [-0.05, 0) is 43.6 Å². The molecule has 2 N–H and O–H groups in total. The topological polar surface area (TPSA) is 43.8 Å². The van der Waals surface area contributed by atoms with Gasteiger partial charge in [0, 0.05) is 25.0 Å². The molecule has 0 spiro atoms. The van der Waals surface area contributed by atoms with E-state index in [1.165, 1.54) is 25.0 Å². The molecule has 1 saturated carbocycles. The molecular weight excluding hydrogens is 198 g/mol. The molecule has 3 atom stereocenters. The zero-order chi connectivity index (χ0) is 11.5. The highest BCUT2D eigenvalue weighted by Gasteiger charge is 2.26. The summed E-state index contributed by atoms with van der Waals surface area (Å²) in [5.41, 5.74) is 7.57. The van der Waals surface area contributed by atoms with Crippen LogP contribution in [0, 0.1) is 11.8 Å². The molecule has 2 rings (SSSR count). The molecule has 1 heterocycles. The lowest BCUT2D eigenvalue weighted by atomic mass is 9.93. The van der Waals surface area contributed by atoms with Gasteiger partial charge in [-0.15, -0.1) is 0 Å². The Hall–Kier alpha value is -0.830. The maximum Gasteiger partial charge on any atom is 0.0492 e. The molecule has 0 aromatic carbocycles. The standard InChI is InChI=1S/C13H23N3/c1-10-3-4-11(9-10)13(14)6-5-12-7-8-15-16(12)2/h7-8,10-11,13H,3-6,9,14H2,1-2H3. The minimum atomic E-state index is 0.375. The number of hydrogen-bond acceptors (Lipinski definition) is 2. The first-order valence-corrected chi connectivity index (χ1v) is 6.39. The third-order valence-electron chi connectivity index (χ3n) is 4.00. The molecular formula is C13H23N3. The highest BCUT2D eigenvalue weighted by atomic mass is 15.2. The predicted molar refractivity (Wildman–Crippen MR) is 66.0 cm³/mol. The molecule has 0 bridgehead atoms. The zero-order valence-electron chi connectivity index (χ0n) is 10.4. The van der Waals surface area contributed by atoms with Gasteiger partial charge in [0.25, 0.3) is 0 Å². The molecule has 1 aromatic heterocycles. The van der Waals surface area contributed by atoms with E-state index in [1.54, 1.807) is 0 Å². The van der Waals surface area contributed by atoms with Crippen molar-refractivity contribution in [1.29, 1.82) is 0 Å². The normalized spacial score (nSPS) is 27.2. The Morgan fingerprint density at radius 3 is 2.94 bits per heavy atom. The van der Waals surface area contributed by atoms with E-state index >= 15 is 0 Å². The lowest BCUT2D eigenvalue weighted by molar-refractivity contribution is 0.395. The monoisotopic (exact) mass is 221 g/mol. The number of nitrogens with zero attached hydrogens (tertiary/aromatic N) is 2. The van der Waals surface area contributed by atoms with Gasteiger partial charge in [0.05, 0.1) is 0 Å². The number of aromatic nitrogens is 2. The number of nitrogens with two attached hydrogens (primary N) is 1. The molecule has 0 amide bonds. The predicted octanol–water partition coefficient (Wildman–Crippen LogP) is 2.12. The highest BCUT2D eigenvalue weighted by molar-refractivity contribution is 5.00. The van der Waals surface area contributed by atoms with Gasteiger partial charge in [0.2, 0.25) is 0 Å². The fourth-order valence-electron chi connectivity index (χ4n) is 2.84. The van der Waals surface area contributed by atoms with E-state index in [9.17, 15) is 0 Å². The average molecular weight is 221 g/mol. The summed E-state index contributed by atoms with van der Waals surface area (Å²) in [6.07, 6.45) is 8.03. The van der Waals surface area contributed by atoms with Crippen LogP contribution in [0.25, 0.3) is 0 Å². The van der Waals surface area contributed by atoms with Gasteiger partial charge in [-0.3, -0.25) is 4.68 Å². The third-order valence-corrected chi connectivity index (χ3v) is 4.00. The van der Waals surface area contributed by atoms with E-state index in [1.807, 2.05) is 17.9 Å². The molecule has 1 aliphatic rings. The van der Waals surface area contributed by atoms with Crippen LogP contribution in [0.4, 0.5) is 0 Å². The first-order chi connectivity index (χ1) is 7.66. The lowest BCUT2D eigenvalue weighted by Crippen LogP contribution is -2.29. The summed E-state index contributed by atoms with van der Waals surface area (Å²) < 4.78 is 1.95. The summed E-state index contributed by atoms with van der Waals surface area (Å²) in [6.45, 7) is 2.34. The second kappa shape index (κ2) is 5.00. The van der Waals surface area contributed by atoms with E-state index in [0.29, 0.717) is 6.04 Å². The molecule has 1 aliphatic carbocycles. The Bertz CT molecular complexity index is 332. The van der Waals surface area contributed by atoms with Crippen LogP contribution in [-0.2, 0) is 13.5 Å². The van der Waals surface area contributed by atoms with E-state index in [2.05, 4.69) is 18.1 Å². The second-order valence-corrected chi connectivity index (χ2v) is 5.33. The second-order valence-electron chi connectivity index (χ2n) is 5.33. The van der Waals surface area contributed by atoms with Gasteiger partial charge in [0.1, 0.15) is 0 Å². The van der Waals surface area contributed by atoms with Crippen molar-refractivity contribution in [2.45, 2.75) is 45.1 Å². The molecule has 3 unspecified atom stereocenters. The number of aryl methyl sites for hydroxylation is 2. The summed E-state index contributed by atoms with van der Waals surface area (Å²) in [7, 11) is 2.00. The summed E-state index contributed by atoms with van der Waals surface area (Å²) in [6, 6.07) is 2.46. The molecule has 1 aromatic rings. The molecule has 0 saturated heterocycles. The Labute approximate surface area is 98.0 Å². The van der Waals surface area contributed by atoms with Crippen LogP contribution in [0.3, 0.4) is 0 Å². The number of hydrogen-bond donors (Lipinski definition) is 1. The van der Waals surface area contributed by atoms with Gasteiger partial charge in [0.15, 0.2) is 0 Å². The number of rotatable bonds is 4. The highest BCUT2D eigenvalue weighted by Crippen LogP contribution is 2.33. The Kier molecular flexibility index (Phi) is 3.64. The van der Waals surface area contributed by atoms with Crippen molar-refractivity contribution in [3.8, 4) is 0 Å². The van der Waals surface area contributed by atoms with Crippen LogP contribution in [0.2, 0.25) is 0 Å². The first kappa shape index (κ1) is 11.6.